The minimum absolute atomic E-state index is 0.214. The Hall–Kier alpha value is -3.07. The van der Waals surface area contributed by atoms with Crippen molar-refractivity contribution in [1.29, 1.82) is 5.26 Å². The van der Waals surface area contributed by atoms with Crippen LogP contribution >= 0.6 is 0 Å². The number of nitrogen functional groups attached to an aromatic ring is 1. The fourth-order valence-electron chi connectivity index (χ4n) is 2.04. The monoisotopic (exact) mass is 282 g/mol. The highest BCUT2D eigenvalue weighted by Gasteiger charge is 2.15. The van der Waals surface area contributed by atoms with E-state index in [0.29, 0.717) is 16.9 Å². The fraction of sp³-hybridized carbons (Fsp3) is 0.133. The van der Waals surface area contributed by atoms with E-state index < -0.39 is 5.97 Å². The molecule has 0 bridgehead atoms. The maximum absolute atomic E-state index is 11.1. The van der Waals surface area contributed by atoms with Gasteiger partial charge in [-0.2, -0.15) is 5.26 Å². The summed E-state index contributed by atoms with van der Waals surface area (Å²) >= 11 is 0. The number of benzene rings is 1. The number of nitrogens with two attached hydrogens (primary N) is 1. The number of carbonyl (C=O) groups is 1. The highest BCUT2D eigenvalue weighted by Crippen LogP contribution is 2.24. The molecule has 2 aromatic rings. The lowest BCUT2D eigenvalue weighted by Crippen LogP contribution is -2.30. The van der Waals surface area contributed by atoms with Crippen molar-refractivity contribution in [2.75, 3.05) is 17.2 Å². The van der Waals surface area contributed by atoms with E-state index in [0.717, 1.165) is 0 Å². The molecule has 0 aliphatic heterocycles. The van der Waals surface area contributed by atoms with Gasteiger partial charge in [-0.15, -0.1) is 0 Å². The molecule has 106 valence electrons. The van der Waals surface area contributed by atoms with Gasteiger partial charge < -0.3 is 15.7 Å². The Morgan fingerprint density at radius 3 is 2.76 bits per heavy atom. The van der Waals surface area contributed by atoms with Gasteiger partial charge in [-0.05, 0) is 18.2 Å². The summed E-state index contributed by atoms with van der Waals surface area (Å²) in [7, 11) is 0. The molecule has 6 nitrogen and oxygen atoms in total. The average Bonchev–Trinajstić information content (AvgIpc) is 2.47. The Balaban J connectivity index is 2.36. The predicted molar refractivity (Wildman–Crippen MR) is 78.5 cm³/mol. The molecule has 21 heavy (non-hydrogen) atoms. The van der Waals surface area contributed by atoms with Crippen molar-refractivity contribution in [2.24, 2.45) is 0 Å². The lowest BCUT2D eigenvalue weighted by atomic mass is 10.1. The molecule has 0 saturated carbocycles. The minimum Gasteiger partial charge on any atom is -0.480 e. The van der Waals surface area contributed by atoms with Crippen LogP contribution in [0.2, 0.25) is 0 Å². The maximum atomic E-state index is 11.1. The number of hydrogen-bond acceptors (Lipinski definition) is 5. The Morgan fingerprint density at radius 1 is 1.33 bits per heavy atom. The average molecular weight is 282 g/mol. The van der Waals surface area contributed by atoms with Gasteiger partial charge in [0.2, 0.25) is 0 Å². The Bertz CT molecular complexity index is 694. The van der Waals surface area contributed by atoms with Crippen molar-refractivity contribution in [1.82, 2.24) is 4.98 Å². The number of nitriles is 1. The Labute approximate surface area is 122 Å². The highest BCUT2D eigenvalue weighted by atomic mass is 16.4. The highest BCUT2D eigenvalue weighted by molar-refractivity contribution is 5.77. The van der Waals surface area contributed by atoms with Gasteiger partial charge in [-0.25, -0.2) is 4.98 Å². The number of carboxylic acids is 1. The van der Waals surface area contributed by atoms with Gasteiger partial charge in [0.25, 0.3) is 0 Å². The number of aromatic nitrogens is 1. The van der Waals surface area contributed by atoms with Gasteiger partial charge in [0, 0.05) is 18.3 Å². The molecule has 0 fully saturated rings. The van der Waals surface area contributed by atoms with Gasteiger partial charge in [-0.1, -0.05) is 18.2 Å². The van der Waals surface area contributed by atoms with E-state index in [-0.39, 0.29) is 18.8 Å². The second-order valence-corrected chi connectivity index (χ2v) is 4.43. The molecule has 1 heterocycles. The van der Waals surface area contributed by atoms with Crippen molar-refractivity contribution >= 4 is 17.3 Å². The number of aliphatic carboxylic acids is 1. The first-order chi connectivity index (χ1) is 10.1. The van der Waals surface area contributed by atoms with Crippen LogP contribution in [-0.4, -0.2) is 22.6 Å². The van der Waals surface area contributed by atoms with Crippen LogP contribution in [0.4, 0.5) is 11.4 Å². The quantitative estimate of drug-likeness (QED) is 0.808. The molecule has 3 N–H and O–H groups in total. The summed E-state index contributed by atoms with van der Waals surface area (Å²) in [5, 5.41) is 18.1. The summed E-state index contributed by atoms with van der Waals surface area (Å²) < 4.78 is 0. The molecule has 1 aromatic heterocycles. The van der Waals surface area contributed by atoms with Crippen LogP contribution in [0.1, 0.15) is 11.3 Å². The van der Waals surface area contributed by atoms with E-state index in [1.54, 1.807) is 41.3 Å². The molecule has 0 aliphatic rings. The number of hydrogen-bond donors (Lipinski definition) is 2. The van der Waals surface area contributed by atoms with Crippen molar-refractivity contribution in [3.8, 4) is 6.07 Å². The molecule has 0 atom stereocenters. The molecular formula is C15H14N4O2. The standard InChI is InChI=1S/C15H14N4O2/c16-8-13-11(4-3-7-18-13)9-19(10-15(20)21)14-6-2-1-5-12(14)17/h1-7H,9-10,17H2,(H,20,21). The molecule has 1 aromatic carbocycles. The third kappa shape index (κ3) is 3.48. The molecule has 0 unspecified atom stereocenters. The number of para-hydroxylation sites is 2. The molecule has 0 radical (unpaired) electrons. The zero-order valence-corrected chi connectivity index (χ0v) is 11.2. The van der Waals surface area contributed by atoms with Crippen LogP contribution in [0, 0.1) is 11.3 Å². The normalized spacial score (nSPS) is 9.86. The van der Waals surface area contributed by atoms with Gasteiger partial charge in [0.05, 0.1) is 11.4 Å². The first-order valence-electron chi connectivity index (χ1n) is 6.27. The number of rotatable bonds is 5. The van der Waals surface area contributed by atoms with Crippen LogP contribution in [0.15, 0.2) is 42.6 Å². The lowest BCUT2D eigenvalue weighted by molar-refractivity contribution is -0.135. The zero-order valence-electron chi connectivity index (χ0n) is 11.2. The summed E-state index contributed by atoms with van der Waals surface area (Å²) in [4.78, 5) is 16.7. The van der Waals surface area contributed by atoms with E-state index in [1.807, 2.05) is 6.07 Å². The lowest BCUT2D eigenvalue weighted by Gasteiger charge is -2.24. The smallest absolute Gasteiger partial charge is 0.323 e. The summed E-state index contributed by atoms with van der Waals surface area (Å²) in [6.07, 6.45) is 1.53. The van der Waals surface area contributed by atoms with Crippen molar-refractivity contribution in [3.05, 3.63) is 53.9 Å². The fourth-order valence-corrected chi connectivity index (χ4v) is 2.04. The maximum Gasteiger partial charge on any atom is 0.323 e. The first kappa shape index (κ1) is 14.3. The molecule has 0 saturated heterocycles. The van der Waals surface area contributed by atoms with E-state index in [1.165, 1.54) is 6.20 Å². The van der Waals surface area contributed by atoms with Crippen LogP contribution in [0.5, 0.6) is 0 Å². The third-order valence-electron chi connectivity index (χ3n) is 2.96. The van der Waals surface area contributed by atoms with E-state index in [9.17, 15) is 4.79 Å². The van der Waals surface area contributed by atoms with E-state index in [4.69, 9.17) is 16.1 Å². The molecule has 0 aliphatic carbocycles. The van der Waals surface area contributed by atoms with E-state index in [2.05, 4.69) is 4.98 Å². The van der Waals surface area contributed by atoms with Crippen molar-refractivity contribution in [3.63, 3.8) is 0 Å². The molecule has 0 amide bonds. The summed E-state index contributed by atoms with van der Waals surface area (Å²) in [5.41, 5.74) is 7.95. The molecule has 2 rings (SSSR count). The zero-order chi connectivity index (χ0) is 15.2. The topological polar surface area (TPSA) is 103 Å². The molecular weight excluding hydrogens is 268 g/mol. The summed E-state index contributed by atoms with van der Waals surface area (Å²) in [6, 6.07) is 12.5. The minimum atomic E-state index is -0.972. The molecule has 6 heteroatoms. The number of nitrogens with zero attached hydrogens (tertiary/aromatic N) is 3. The second-order valence-electron chi connectivity index (χ2n) is 4.43. The number of pyridine rings is 1. The van der Waals surface area contributed by atoms with Gasteiger partial charge in [-0.3, -0.25) is 4.79 Å². The van der Waals surface area contributed by atoms with Crippen LogP contribution < -0.4 is 10.6 Å². The van der Waals surface area contributed by atoms with Gasteiger partial charge in [0.15, 0.2) is 0 Å². The molecule has 0 spiro atoms. The van der Waals surface area contributed by atoms with Gasteiger partial charge >= 0.3 is 5.97 Å². The Morgan fingerprint density at radius 2 is 2.10 bits per heavy atom. The largest absolute Gasteiger partial charge is 0.480 e. The second kappa shape index (κ2) is 6.39. The van der Waals surface area contributed by atoms with Crippen molar-refractivity contribution < 1.29 is 9.90 Å². The van der Waals surface area contributed by atoms with Crippen molar-refractivity contribution in [2.45, 2.75) is 6.54 Å². The van der Waals surface area contributed by atoms with E-state index >= 15 is 0 Å². The SMILES string of the molecule is N#Cc1ncccc1CN(CC(=O)O)c1ccccc1N. The van der Waals surface area contributed by atoms with Crippen LogP contribution in [0.3, 0.4) is 0 Å². The van der Waals surface area contributed by atoms with Gasteiger partial charge in [0.1, 0.15) is 18.3 Å². The first-order valence-corrected chi connectivity index (χ1v) is 6.27. The van der Waals surface area contributed by atoms with Crippen LogP contribution in [-0.2, 0) is 11.3 Å². The van der Waals surface area contributed by atoms with Crippen LogP contribution in [0.25, 0.3) is 0 Å². The predicted octanol–water partition coefficient (Wildman–Crippen LogP) is 1.63. The number of carboxylic acid groups (broad SMARTS) is 1. The summed E-state index contributed by atoms with van der Waals surface area (Å²) in [5.74, 6) is -0.972. The third-order valence-corrected chi connectivity index (χ3v) is 2.96. The number of anilines is 2. The summed E-state index contributed by atoms with van der Waals surface area (Å²) in [6.45, 7) is 0.0330. The Kier molecular flexibility index (Phi) is 4.36.